The number of amides is 1. The van der Waals surface area contributed by atoms with Crippen LogP contribution in [0.1, 0.15) is 0 Å². The molecule has 0 aliphatic heterocycles. The minimum absolute atomic E-state index is 0.0596. The maximum absolute atomic E-state index is 13.5. The monoisotopic (exact) mass is 241 g/mol. The van der Waals surface area contributed by atoms with Crippen LogP contribution in [0.15, 0.2) is 6.20 Å². The van der Waals surface area contributed by atoms with Crippen LogP contribution in [0.2, 0.25) is 0 Å². The zero-order valence-electron chi connectivity index (χ0n) is 10.4. The third-order valence-electron chi connectivity index (χ3n) is 2.18. The van der Waals surface area contributed by atoms with E-state index in [1.54, 1.807) is 28.2 Å². The van der Waals surface area contributed by atoms with Crippen LogP contribution in [0.25, 0.3) is 0 Å². The molecule has 17 heavy (non-hydrogen) atoms. The van der Waals surface area contributed by atoms with E-state index in [0.717, 1.165) is 6.20 Å². The summed E-state index contributed by atoms with van der Waals surface area (Å²) in [6.07, 6.45) is 1.07. The Morgan fingerprint density at radius 2 is 2.12 bits per heavy atom. The lowest BCUT2D eigenvalue weighted by Crippen LogP contribution is -2.35. The highest BCUT2D eigenvalue weighted by molar-refractivity contribution is 5.80. The van der Waals surface area contributed by atoms with Crippen LogP contribution < -0.4 is 10.2 Å². The van der Waals surface area contributed by atoms with Gasteiger partial charge in [-0.05, 0) is 0 Å². The minimum Gasteiger partial charge on any atom is -0.357 e. The molecule has 0 unspecified atom stereocenters. The van der Waals surface area contributed by atoms with Gasteiger partial charge < -0.3 is 15.1 Å². The molecule has 0 fully saturated rings. The van der Waals surface area contributed by atoms with Crippen molar-refractivity contribution in [2.24, 2.45) is 0 Å². The molecule has 0 aliphatic rings. The number of hydrogen-bond donors (Lipinski definition) is 1. The number of halogens is 1. The Bertz CT molecular complexity index is 410. The maximum Gasteiger partial charge on any atom is 0.241 e. The molecule has 6 nitrogen and oxygen atoms in total. The van der Waals surface area contributed by atoms with Crippen LogP contribution in [0, 0.1) is 5.82 Å². The zero-order chi connectivity index (χ0) is 13.0. The maximum atomic E-state index is 13.5. The Balaban J connectivity index is 2.87. The van der Waals surface area contributed by atoms with Gasteiger partial charge in [0.05, 0.1) is 12.7 Å². The third-order valence-corrected chi connectivity index (χ3v) is 2.18. The number of carbonyl (C=O) groups is 1. The van der Waals surface area contributed by atoms with E-state index in [1.165, 1.54) is 9.80 Å². The summed E-state index contributed by atoms with van der Waals surface area (Å²) in [6.45, 7) is 0.0596. The number of aromatic nitrogens is 2. The first-order valence-corrected chi connectivity index (χ1v) is 5.07. The molecule has 1 amide bonds. The highest BCUT2D eigenvalue weighted by Crippen LogP contribution is 2.15. The second kappa shape index (κ2) is 5.42. The fourth-order valence-corrected chi connectivity index (χ4v) is 1.17. The Morgan fingerprint density at radius 1 is 1.47 bits per heavy atom. The molecule has 1 N–H and O–H groups in total. The standard InChI is InChI=1S/C10H16FN5O/c1-12-10-13-5-7(11)9(14-10)16(4)6-8(17)15(2)3/h5H,6H2,1-4H3,(H,12,13,14). The van der Waals surface area contributed by atoms with Gasteiger partial charge >= 0.3 is 0 Å². The Morgan fingerprint density at radius 3 is 2.65 bits per heavy atom. The van der Waals surface area contributed by atoms with Gasteiger partial charge in [-0.2, -0.15) is 4.98 Å². The molecular weight excluding hydrogens is 225 g/mol. The van der Waals surface area contributed by atoms with Gasteiger partial charge in [0.2, 0.25) is 11.9 Å². The quantitative estimate of drug-likeness (QED) is 0.815. The zero-order valence-corrected chi connectivity index (χ0v) is 10.4. The number of carbonyl (C=O) groups excluding carboxylic acids is 1. The van der Waals surface area contributed by atoms with E-state index in [4.69, 9.17) is 0 Å². The minimum atomic E-state index is -0.557. The number of nitrogens with one attached hydrogen (secondary N) is 1. The van der Waals surface area contributed by atoms with E-state index in [-0.39, 0.29) is 18.3 Å². The molecule has 0 atom stereocenters. The molecule has 0 radical (unpaired) electrons. The SMILES string of the molecule is CNc1ncc(F)c(N(C)CC(=O)N(C)C)n1. The summed E-state index contributed by atoms with van der Waals surface area (Å²) in [5, 5.41) is 2.71. The van der Waals surface area contributed by atoms with Gasteiger partial charge in [0, 0.05) is 28.2 Å². The fraction of sp³-hybridized carbons (Fsp3) is 0.500. The van der Waals surface area contributed by atoms with Crippen LogP contribution in [-0.2, 0) is 4.79 Å². The van der Waals surface area contributed by atoms with E-state index in [1.807, 2.05) is 0 Å². The lowest BCUT2D eigenvalue weighted by molar-refractivity contribution is -0.127. The first-order valence-electron chi connectivity index (χ1n) is 5.07. The highest BCUT2D eigenvalue weighted by atomic mass is 19.1. The second-order valence-corrected chi connectivity index (χ2v) is 3.76. The molecule has 0 aromatic carbocycles. The van der Waals surface area contributed by atoms with Crippen molar-refractivity contribution in [2.75, 3.05) is 45.0 Å². The summed E-state index contributed by atoms with van der Waals surface area (Å²) >= 11 is 0. The summed E-state index contributed by atoms with van der Waals surface area (Å²) in [6, 6.07) is 0. The van der Waals surface area contributed by atoms with E-state index in [0.29, 0.717) is 5.95 Å². The van der Waals surface area contributed by atoms with Crippen molar-refractivity contribution < 1.29 is 9.18 Å². The first kappa shape index (κ1) is 13.1. The van der Waals surface area contributed by atoms with Gasteiger partial charge in [-0.1, -0.05) is 0 Å². The molecule has 1 aromatic rings. The molecule has 1 heterocycles. The average molecular weight is 241 g/mol. The summed E-state index contributed by atoms with van der Waals surface area (Å²) in [5.74, 6) is -0.278. The molecule has 94 valence electrons. The largest absolute Gasteiger partial charge is 0.357 e. The Labute approximate surface area is 99.5 Å². The number of nitrogens with zero attached hydrogens (tertiary/aromatic N) is 4. The molecule has 0 saturated carbocycles. The van der Waals surface area contributed by atoms with E-state index >= 15 is 0 Å². The predicted octanol–water partition coefficient (Wildman–Crippen LogP) is 0.182. The van der Waals surface area contributed by atoms with E-state index in [9.17, 15) is 9.18 Å². The summed E-state index contributed by atoms with van der Waals surface area (Å²) in [5.41, 5.74) is 0. The van der Waals surface area contributed by atoms with Crippen molar-refractivity contribution in [2.45, 2.75) is 0 Å². The van der Waals surface area contributed by atoms with Gasteiger partial charge in [-0.15, -0.1) is 0 Å². The first-order chi connectivity index (χ1) is 7.95. The molecular formula is C10H16FN5O. The van der Waals surface area contributed by atoms with Crippen molar-refractivity contribution in [1.29, 1.82) is 0 Å². The van der Waals surface area contributed by atoms with Crippen molar-refractivity contribution in [3.63, 3.8) is 0 Å². The molecule has 0 saturated heterocycles. The Kier molecular flexibility index (Phi) is 4.19. The third kappa shape index (κ3) is 3.27. The summed E-state index contributed by atoms with van der Waals surface area (Å²) < 4.78 is 13.5. The Hall–Kier alpha value is -1.92. The summed E-state index contributed by atoms with van der Waals surface area (Å²) in [4.78, 5) is 22.1. The van der Waals surface area contributed by atoms with Gasteiger partial charge in [-0.3, -0.25) is 4.79 Å². The van der Waals surface area contributed by atoms with Crippen LogP contribution in [0.4, 0.5) is 16.2 Å². The van der Waals surface area contributed by atoms with Crippen LogP contribution in [-0.4, -0.2) is 55.5 Å². The number of likely N-dealkylation sites (N-methyl/N-ethyl adjacent to an activating group) is 2. The van der Waals surface area contributed by atoms with Crippen molar-refractivity contribution in [1.82, 2.24) is 14.9 Å². The lowest BCUT2D eigenvalue weighted by atomic mass is 10.4. The molecule has 0 aliphatic carbocycles. The number of rotatable bonds is 4. The van der Waals surface area contributed by atoms with Crippen LogP contribution in [0.5, 0.6) is 0 Å². The average Bonchev–Trinajstić information content (AvgIpc) is 2.29. The van der Waals surface area contributed by atoms with Crippen LogP contribution >= 0.6 is 0 Å². The van der Waals surface area contributed by atoms with Gasteiger partial charge in [-0.25, -0.2) is 9.37 Å². The van der Waals surface area contributed by atoms with Gasteiger partial charge in [0.1, 0.15) is 0 Å². The molecule has 1 rings (SSSR count). The molecule has 7 heteroatoms. The van der Waals surface area contributed by atoms with Crippen molar-refractivity contribution in [3.05, 3.63) is 12.0 Å². The van der Waals surface area contributed by atoms with Gasteiger partial charge in [0.15, 0.2) is 11.6 Å². The molecule has 0 spiro atoms. The number of hydrogen-bond acceptors (Lipinski definition) is 5. The predicted molar refractivity (Wildman–Crippen MR) is 63.5 cm³/mol. The van der Waals surface area contributed by atoms with Gasteiger partial charge in [0.25, 0.3) is 0 Å². The second-order valence-electron chi connectivity index (χ2n) is 3.76. The van der Waals surface area contributed by atoms with Crippen molar-refractivity contribution in [3.8, 4) is 0 Å². The van der Waals surface area contributed by atoms with E-state index < -0.39 is 5.82 Å². The smallest absolute Gasteiger partial charge is 0.241 e. The molecule has 1 aromatic heterocycles. The van der Waals surface area contributed by atoms with E-state index in [2.05, 4.69) is 15.3 Å². The fourth-order valence-electron chi connectivity index (χ4n) is 1.17. The van der Waals surface area contributed by atoms with Crippen LogP contribution in [0.3, 0.4) is 0 Å². The van der Waals surface area contributed by atoms with Crippen molar-refractivity contribution >= 4 is 17.7 Å². The highest BCUT2D eigenvalue weighted by Gasteiger charge is 2.15. The topological polar surface area (TPSA) is 61.4 Å². The molecule has 0 bridgehead atoms. The summed E-state index contributed by atoms with van der Waals surface area (Å²) in [7, 11) is 6.53. The normalized spacial score (nSPS) is 9.94. The number of anilines is 2. The lowest BCUT2D eigenvalue weighted by Gasteiger charge is -2.20.